The first-order valence-electron chi connectivity index (χ1n) is 19.9. The number of carbonyl (C=O) groups is 4. The minimum atomic E-state index is -0.925. The number of hydrogen-bond donors (Lipinski definition) is 5. The first-order valence-corrected chi connectivity index (χ1v) is 19.9. The van der Waals surface area contributed by atoms with Crippen LogP contribution in [-0.2, 0) is 19.1 Å². The van der Waals surface area contributed by atoms with E-state index in [1.165, 1.54) is 7.11 Å². The zero-order valence-electron chi connectivity index (χ0n) is 32.9. The van der Waals surface area contributed by atoms with E-state index >= 15 is 0 Å². The molecule has 0 saturated carbocycles. The van der Waals surface area contributed by atoms with Crippen molar-refractivity contribution >= 4 is 34.8 Å². The summed E-state index contributed by atoms with van der Waals surface area (Å²) in [7, 11) is 1.27. The number of alkyl carbamates (subject to hydrolysis) is 1. The lowest BCUT2D eigenvalue weighted by Gasteiger charge is -2.28. The van der Waals surface area contributed by atoms with Gasteiger partial charge in [0.1, 0.15) is 30.3 Å². The minimum Gasteiger partial charge on any atom is -0.453 e. The number of hydrogen-bond acceptors (Lipinski definition) is 8. The number of carbonyl (C=O) groups excluding carboxylic acids is 4. The number of amides is 4. The number of aliphatic hydroxyl groups is 1. The number of aromatic nitrogens is 4. The first kappa shape index (κ1) is 39.6. The first-order chi connectivity index (χ1) is 29.3. The zero-order chi connectivity index (χ0) is 41.6. The maximum Gasteiger partial charge on any atom is 0.407 e. The summed E-state index contributed by atoms with van der Waals surface area (Å²) in [5, 5.41) is 14.8. The van der Waals surface area contributed by atoms with E-state index in [9.17, 15) is 24.3 Å². The second-order valence-electron chi connectivity index (χ2n) is 14.8. The maximum atomic E-state index is 13.9. The van der Waals surface area contributed by atoms with Crippen molar-refractivity contribution in [2.45, 2.75) is 49.9 Å². The SMILES string of the molecule is COC(=O)N[C@@H](C(=O)N1CCC[C@H]1c1nc2ccc(C#Cc3ccc(-c4cnc([C@H]5CCCN5C(=O)[C@H](NC(=O)CO)c5ccccc5)[nH]4)cc3)cc2[nH]1)c1ccccc1. The fourth-order valence-corrected chi connectivity index (χ4v) is 8.01. The van der Waals surface area contributed by atoms with Crippen LogP contribution in [-0.4, -0.2) is 85.5 Å². The van der Waals surface area contributed by atoms with E-state index in [-0.39, 0.29) is 23.9 Å². The number of nitrogens with zero attached hydrogens (tertiary/aromatic N) is 4. The monoisotopic (exact) mass is 804 g/mol. The quantitative estimate of drug-likeness (QED) is 0.110. The van der Waals surface area contributed by atoms with Crippen LogP contribution in [0, 0.1) is 11.8 Å². The Morgan fingerprint density at radius 2 is 1.35 bits per heavy atom. The highest BCUT2D eigenvalue weighted by Gasteiger charge is 2.38. The molecule has 8 rings (SSSR count). The van der Waals surface area contributed by atoms with Gasteiger partial charge in [0, 0.05) is 24.2 Å². The summed E-state index contributed by atoms with van der Waals surface area (Å²) in [5.41, 5.74) is 6.21. The van der Waals surface area contributed by atoms with E-state index in [1.807, 2.05) is 91.0 Å². The summed E-state index contributed by atoms with van der Waals surface area (Å²) in [6, 6.07) is 29.4. The van der Waals surface area contributed by atoms with Crippen LogP contribution < -0.4 is 10.6 Å². The second kappa shape index (κ2) is 17.7. The number of rotatable bonds is 10. The Hall–Kier alpha value is -7.24. The molecule has 4 amide bonds. The lowest BCUT2D eigenvalue weighted by Crippen LogP contribution is -2.43. The molecule has 304 valence electrons. The Balaban J connectivity index is 0.941. The molecule has 14 nitrogen and oxygen atoms in total. The Morgan fingerprint density at radius 1 is 0.767 bits per heavy atom. The largest absolute Gasteiger partial charge is 0.453 e. The van der Waals surface area contributed by atoms with Gasteiger partial charge < -0.3 is 40.2 Å². The van der Waals surface area contributed by atoms with Gasteiger partial charge in [-0.25, -0.2) is 14.8 Å². The fraction of sp³-hybridized carbons (Fsp3) is 0.261. The van der Waals surface area contributed by atoms with Crippen LogP contribution in [0.2, 0.25) is 0 Å². The molecule has 4 aromatic carbocycles. The third-order valence-corrected chi connectivity index (χ3v) is 11.0. The van der Waals surface area contributed by atoms with Gasteiger partial charge in [0.05, 0.1) is 42.1 Å². The molecule has 0 radical (unpaired) electrons. The molecule has 60 heavy (non-hydrogen) atoms. The minimum absolute atomic E-state index is 0.229. The van der Waals surface area contributed by atoms with E-state index in [0.29, 0.717) is 35.9 Å². The van der Waals surface area contributed by atoms with Crippen LogP contribution in [0.25, 0.3) is 22.3 Å². The summed E-state index contributed by atoms with van der Waals surface area (Å²) < 4.78 is 4.82. The third kappa shape index (κ3) is 8.48. The van der Waals surface area contributed by atoms with Gasteiger partial charge in [0.15, 0.2) is 0 Å². The van der Waals surface area contributed by atoms with Gasteiger partial charge in [0.25, 0.3) is 5.91 Å². The fourth-order valence-electron chi connectivity index (χ4n) is 8.01. The van der Waals surface area contributed by atoms with Crippen LogP contribution in [0.5, 0.6) is 0 Å². The highest BCUT2D eigenvalue weighted by atomic mass is 16.5. The smallest absolute Gasteiger partial charge is 0.407 e. The molecule has 14 heteroatoms. The molecule has 0 spiro atoms. The van der Waals surface area contributed by atoms with Crippen molar-refractivity contribution in [3.05, 3.63) is 143 Å². The van der Waals surface area contributed by atoms with Crippen molar-refractivity contribution in [2.24, 2.45) is 0 Å². The van der Waals surface area contributed by atoms with Gasteiger partial charge in [-0.05, 0) is 72.7 Å². The molecule has 2 fully saturated rings. The van der Waals surface area contributed by atoms with Crippen molar-refractivity contribution in [2.75, 3.05) is 26.8 Å². The molecule has 0 aliphatic carbocycles. The highest BCUT2D eigenvalue weighted by Crippen LogP contribution is 2.35. The van der Waals surface area contributed by atoms with E-state index < -0.39 is 30.7 Å². The van der Waals surface area contributed by atoms with Gasteiger partial charge in [-0.3, -0.25) is 14.4 Å². The topological polar surface area (TPSA) is 186 Å². The molecule has 0 unspecified atom stereocenters. The van der Waals surface area contributed by atoms with Crippen LogP contribution in [0.4, 0.5) is 4.79 Å². The number of fused-ring (bicyclic) bond motifs is 1. The van der Waals surface area contributed by atoms with Crippen molar-refractivity contribution in [1.82, 2.24) is 40.4 Å². The average Bonchev–Trinajstić information content (AvgIpc) is 4.13. The molecular formula is C46H44N8O6. The van der Waals surface area contributed by atoms with Crippen LogP contribution in [0.3, 0.4) is 0 Å². The summed E-state index contributed by atoms with van der Waals surface area (Å²) >= 11 is 0. The molecule has 4 heterocycles. The van der Waals surface area contributed by atoms with E-state index in [1.54, 1.807) is 28.1 Å². The zero-order valence-corrected chi connectivity index (χ0v) is 32.9. The number of aromatic amines is 2. The lowest BCUT2D eigenvalue weighted by molar-refractivity contribution is -0.138. The predicted octanol–water partition coefficient (Wildman–Crippen LogP) is 5.63. The molecule has 2 saturated heterocycles. The molecule has 6 aromatic rings. The molecule has 0 bridgehead atoms. The normalized spacial score (nSPS) is 17.1. The number of likely N-dealkylation sites (tertiary alicyclic amines) is 2. The molecule has 2 aliphatic heterocycles. The van der Waals surface area contributed by atoms with E-state index in [2.05, 4.69) is 37.4 Å². The van der Waals surface area contributed by atoms with Gasteiger partial charge >= 0.3 is 6.09 Å². The maximum absolute atomic E-state index is 13.9. The number of ether oxygens (including phenoxy) is 1. The van der Waals surface area contributed by atoms with E-state index in [4.69, 9.17) is 9.72 Å². The second-order valence-corrected chi connectivity index (χ2v) is 14.8. The van der Waals surface area contributed by atoms with Gasteiger partial charge in [-0.2, -0.15) is 0 Å². The Morgan fingerprint density at radius 3 is 1.97 bits per heavy atom. The van der Waals surface area contributed by atoms with Crippen molar-refractivity contribution in [3.63, 3.8) is 0 Å². The average molecular weight is 805 g/mol. The lowest BCUT2D eigenvalue weighted by atomic mass is 10.0. The Kier molecular flexibility index (Phi) is 11.7. The van der Waals surface area contributed by atoms with Crippen molar-refractivity contribution in [1.29, 1.82) is 0 Å². The predicted molar refractivity (Wildman–Crippen MR) is 223 cm³/mol. The number of aliphatic hydroxyl groups excluding tert-OH is 1. The number of methoxy groups -OCH3 is 1. The van der Waals surface area contributed by atoms with Gasteiger partial charge in [-0.1, -0.05) is 84.6 Å². The van der Waals surface area contributed by atoms with E-state index in [0.717, 1.165) is 59.1 Å². The summed E-state index contributed by atoms with van der Waals surface area (Å²) in [5.74, 6) is 6.74. The van der Waals surface area contributed by atoms with Crippen LogP contribution >= 0.6 is 0 Å². The highest BCUT2D eigenvalue weighted by molar-refractivity contribution is 5.90. The summed E-state index contributed by atoms with van der Waals surface area (Å²) in [4.78, 5) is 72.0. The van der Waals surface area contributed by atoms with Crippen molar-refractivity contribution < 1.29 is 29.0 Å². The van der Waals surface area contributed by atoms with Gasteiger partial charge in [0.2, 0.25) is 11.8 Å². The number of benzene rings is 4. The van der Waals surface area contributed by atoms with Gasteiger partial charge in [-0.15, -0.1) is 0 Å². The molecule has 5 N–H and O–H groups in total. The number of nitrogens with one attached hydrogen (secondary N) is 4. The Bertz CT molecular complexity index is 2560. The number of H-pyrrole nitrogens is 2. The molecule has 2 aliphatic rings. The summed E-state index contributed by atoms with van der Waals surface area (Å²) in [6.45, 7) is 0.345. The standard InChI is InChI=1S/C46H44N8O6/c1-60-46(59)52-41(33-12-6-3-7-13-33)45(58)54-25-9-15-38(54)43-48-34-23-20-30(26-35(34)49-43)17-16-29-18-21-31(22-19-29)36-27-47-42(50-36)37-14-8-24-53(37)44(57)40(51-39(56)28-55)32-10-4-2-5-11-32/h2-7,10-13,18-23,26-27,37-38,40-41,55H,8-9,14-15,24-25,28H2,1H3,(H,47,50)(H,48,49)(H,51,56)(H,52,59)/t37-,38+,40-,41-/m1/s1. The Labute approximate surface area is 346 Å². The number of imidazole rings is 2. The van der Waals surface area contributed by atoms with Crippen LogP contribution in [0.1, 0.15) is 83.8 Å². The summed E-state index contributed by atoms with van der Waals surface area (Å²) in [6.07, 6.45) is 4.12. The van der Waals surface area contributed by atoms with Crippen molar-refractivity contribution in [3.8, 4) is 23.1 Å². The third-order valence-electron chi connectivity index (χ3n) is 11.0. The van der Waals surface area contributed by atoms with Crippen LogP contribution in [0.15, 0.2) is 109 Å². The molecule has 4 atom stereocenters. The molecular weight excluding hydrogens is 761 g/mol. The molecule has 2 aromatic heterocycles.